The van der Waals surface area contributed by atoms with Gasteiger partial charge in [-0.3, -0.25) is 4.68 Å². The monoisotopic (exact) mass is 320 g/mol. The predicted octanol–water partition coefficient (Wildman–Crippen LogP) is 1.91. The SMILES string of the molecule is C[C@@H](Cn1cccn1)Nc1ncnc2c1nnn2-c1ccccc1. The fraction of sp³-hybridized carbons (Fsp3) is 0.188. The third-order valence-corrected chi connectivity index (χ3v) is 3.64. The van der Waals surface area contributed by atoms with E-state index in [4.69, 9.17) is 0 Å². The minimum Gasteiger partial charge on any atom is -0.364 e. The summed E-state index contributed by atoms with van der Waals surface area (Å²) in [5.41, 5.74) is 2.23. The van der Waals surface area contributed by atoms with Crippen LogP contribution in [0.15, 0.2) is 55.1 Å². The maximum absolute atomic E-state index is 4.33. The fourth-order valence-electron chi connectivity index (χ4n) is 2.57. The first kappa shape index (κ1) is 14.3. The van der Waals surface area contributed by atoms with E-state index in [1.54, 1.807) is 10.9 Å². The first-order valence-electron chi connectivity index (χ1n) is 7.67. The number of nitrogens with one attached hydrogen (secondary N) is 1. The average molecular weight is 320 g/mol. The molecule has 0 spiro atoms. The van der Waals surface area contributed by atoms with E-state index in [1.165, 1.54) is 6.33 Å². The molecule has 3 aromatic heterocycles. The molecule has 0 unspecified atom stereocenters. The molecule has 1 aromatic carbocycles. The Bertz CT molecular complexity index is 929. The van der Waals surface area contributed by atoms with Crippen molar-refractivity contribution in [2.45, 2.75) is 19.5 Å². The molecule has 0 amide bonds. The molecule has 0 saturated carbocycles. The molecule has 1 atom stereocenters. The summed E-state index contributed by atoms with van der Waals surface area (Å²) in [7, 11) is 0. The Kier molecular flexibility index (Phi) is 3.62. The summed E-state index contributed by atoms with van der Waals surface area (Å²) in [4.78, 5) is 8.65. The van der Waals surface area contributed by atoms with Crippen LogP contribution in [0.5, 0.6) is 0 Å². The molecule has 3 heterocycles. The van der Waals surface area contributed by atoms with Gasteiger partial charge in [0.2, 0.25) is 0 Å². The van der Waals surface area contributed by atoms with Gasteiger partial charge in [0.15, 0.2) is 17.0 Å². The van der Waals surface area contributed by atoms with E-state index in [0.717, 1.165) is 12.2 Å². The minimum absolute atomic E-state index is 0.130. The van der Waals surface area contributed by atoms with Gasteiger partial charge in [-0.05, 0) is 25.1 Å². The van der Waals surface area contributed by atoms with Gasteiger partial charge in [0, 0.05) is 18.4 Å². The van der Waals surface area contributed by atoms with Gasteiger partial charge in [-0.2, -0.15) is 9.78 Å². The van der Waals surface area contributed by atoms with Crippen molar-refractivity contribution < 1.29 is 0 Å². The van der Waals surface area contributed by atoms with Crippen molar-refractivity contribution >= 4 is 17.0 Å². The summed E-state index contributed by atoms with van der Waals surface area (Å²) in [6.07, 6.45) is 5.22. The summed E-state index contributed by atoms with van der Waals surface area (Å²) in [6.45, 7) is 2.79. The van der Waals surface area contributed by atoms with Crippen LogP contribution < -0.4 is 5.32 Å². The van der Waals surface area contributed by atoms with Crippen molar-refractivity contribution in [1.82, 2.24) is 34.7 Å². The van der Waals surface area contributed by atoms with E-state index < -0.39 is 0 Å². The number of anilines is 1. The van der Waals surface area contributed by atoms with Gasteiger partial charge >= 0.3 is 0 Å². The molecule has 120 valence electrons. The van der Waals surface area contributed by atoms with Crippen LogP contribution >= 0.6 is 0 Å². The highest BCUT2D eigenvalue weighted by Crippen LogP contribution is 2.19. The quantitative estimate of drug-likeness (QED) is 0.604. The summed E-state index contributed by atoms with van der Waals surface area (Å²) >= 11 is 0. The Morgan fingerprint density at radius 1 is 1.12 bits per heavy atom. The van der Waals surface area contributed by atoms with Crippen LogP contribution in [0.2, 0.25) is 0 Å². The van der Waals surface area contributed by atoms with Crippen molar-refractivity contribution in [3.8, 4) is 5.69 Å². The van der Waals surface area contributed by atoms with Crippen LogP contribution in [0.25, 0.3) is 16.9 Å². The zero-order chi connectivity index (χ0) is 16.4. The molecule has 0 fully saturated rings. The van der Waals surface area contributed by atoms with Gasteiger partial charge < -0.3 is 5.32 Å². The maximum atomic E-state index is 4.33. The fourth-order valence-corrected chi connectivity index (χ4v) is 2.57. The zero-order valence-electron chi connectivity index (χ0n) is 13.1. The van der Waals surface area contributed by atoms with Crippen LogP contribution in [0, 0.1) is 0 Å². The number of rotatable bonds is 5. The van der Waals surface area contributed by atoms with Gasteiger partial charge in [-0.15, -0.1) is 5.10 Å². The van der Waals surface area contributed by atoms with Crippen LogP contribution in [-0.2, 0) is 6.54 Å². The molecule has 0 aliphatic rings. The van der Waals surface area contributed by atoms with Crippen LogP contribution in [0.3, 0.4) is 0 Å². The van der Waals surface area contributed by atoms with Gasteiger partial charge in [-0.25, -0.2) is 9.97 Å². The predicted molar refractivity (Wildman–Crippen MR) is 89.8 cm³/mol. The summed E-state index contributed by atoms with van der Waals surface area (Å²) in [6, 6.07) is 11.8. The minimum atomic E-state index is 0.130. The topological polar surface area (TPSA) is 86.3 Å². The zero-order valence-corrected chi connectivity index (χ0v) is 13.1. The number of hydrogen-bond acceptors (Lipinski definition) is 6. The molecule has 8 heteroatoms. The lowest BCUT2D eigenvalue weighted by Gasteiger charge is -2.14. The van der Waals surface area contributed by atoms with E-state index >= 15 is 0 Å². The number of nitrogens with zero attached hydrogens (tertiary/aromatic N) is 7. The molecule has 0 bridgehead atoms. The molecule has 4 rings (SSSR count). The highest BCUT2D eigenvalue weighted by Gasteiger charge is 2.14. The van der Waals surface area contributed by atoms with Gasteiger partial charge in [0.1, 0.15) is 6.33 Å². The Morgan fingerprint density at radius 2 is 2.00 bits per heavy atom. The number of fused-ring (bicyclic) bond motifs is 1. The lowest BCUT2D eigenvalue weighted by Crippen LogP contribution is -2.23. The van der Waals surface area contributed by atoms with Crippen LogP contribution in [0.4, 0.5) is 5.82 Å². The second kappa shape index (κ2) is 6.07. The maximum Gasteiger partial charge on any atom is 0.188 e. The van der Waals surface area contributed by atoms with Gasteiger partial charge in [-0.1, -0.05) is 23.4 Å². The molecule has 1 N–H and O–H groups in total. The van der Waals surface area contributed by atoms with E-state index in [2.05, 4.69) is 37.6 Å². The first-order chi connectivity index (χ1) is 11.8. The Balaban J connectivity index is 1.64. The normalized spacial score (nSPS) is 12.4. The smallest absolute Gasteiger partial charge is 0.188 e. The van der Waals surface area contributed by atoms with Crippen LogP contribution in [0.1, 0.15) is 6.92 Å². The largest absolute Gasteiger partial charge is 0.364 e. The average Bonchev–Trinajstić information content (AvgIpc) is 3.25. The van der Waals surface area contributed by atoms with Gasteiger partial charge in [0.25, 0.3) is 0 Å². The summed E-state index contributed by atoms with van der Waals surface area (Å²) in [5.74, 6) is 0.668. The highest BCUT2D eigenvalue weighted by atomic mass is 15.4. The molecule has 0 aliphatic heterocycles. The van der Waals surface area contributed by atoms with Crippen LogP contribution in [-0.4, -0.2) is 40.8 Å². The van der Waals surface area contributed by atoms with Crippen molar-refractivity contribution in [2.24, 2.45) is 0 Å². The lowest BCUT2D eigenvalue weighted by molar-refractivity contribution is 0.560. The Labute approximate surface area is 138 Å². The van der Waals surface area contributed by atoms with Crippen molar-refractivity contribution in [3.63, 3.8) is 0 Å². The molecular formula is C16H16N8. The Morgan fingerprint density at radius 3 is 2.79 bits per heavy atom. The number of aromatic nitrogens is 7. The van der Waals surface area contributed by atoms with E-state index in [9.17, 15) is 0 Å². The molecule has 8 nitrogen and oxygen atoms in total. The Hall–Kier alpha value is -3.29. The standard InChI is InChI=1S/C16H16N8/c1-12(10-23-9-5-8-19-23)20-15-14-16(18-11-17-15)24(22-21-14)13-6-3-2-4-7-13/h2-9,11-12H,10H2,1H3,(H,17,18,20)/t12-/m0/s1. The van der Waals surface area contributed by atoms with Crippen molar-refractivity contribution in [3.05, 3.63) is 55.1 Å². The lowest BCUT2D eigenvalue weighted by atomic mass is 10.3. The second-order valence-corrected chi connectivity index (χ2v) is 5.50. The molecule has 24 heavy (non-hydrogen) atoms. The van der Waals surface area contributed by atoms with E-state index in [1.807, 2.05) is 47.3 Å². The molecule has 0 aliphatic carbocycles. The number of hydrogen-bond donors (Lipinski definition) is 1. The van der Waals surface area contributed by atoms with E-state index in [0.29, 0.717) is 17.0 Å². The third-order valence-electron chi connectivity index (χ3n) is 3.64. The van der Waals surface area contributed by atoms with Gasteiger partial charge in [0.05, 0.1) is 12.2 Å². The second-order valence-electron chi connectivity index (χ2n) is 5.50. The molecular weight excluding hydrogens is 304 g/mol. The van der Waals surface area contributed by atoms with E-state index in [-0.39, 0.29) is 6.04 Å². The first-order valence-corrected chi connectivity index (χ1v) is 7.67. The van der Waals surface area contributed by atoms with Crippen molar-refractivity contribution in [1.29, 1.82) is 0 Å². The highest BCUT2D eigenvalue weighted by molar-refractivity contribution is 5.83. The van der Waals surface area contributed by atoms with Crippen molar-refractivity contribution in [2.75, 3.05) is 5.32 Å². The molecule has 0 radical (unpaired) electrons. The summed E-state index contributed by atoms with van der Waals surface area (Å²) in [5, 5.41) is 16.0. The number of benzene rings is 1. The molecule has 4 aromatic rings. The number of para-hydroxylation sites is 1. The summed E-state index contributed by atoms with van der Waals surface area (Å²) < 4.78 is 3.58. The molecule has 0 saturated heterocycles. The third kappa shape index (κ3) is 2.69.